The van der Waals surface area contributed by atoms with E-state index in [1.807, 2.05) is 24.3 Å². The summed E-state index contributed by atoms with van der Waals surface area (Å²) in [6, 6.07) is 7.43. The Morgan fingerprint density at radius 3 is 3.00 bits per heavy atom. The molecule has 3 nitrogen and oxygen atoms in total. The van der Waals surface area contributed by atoms with Crippen molar-refractivity contribution in [3.05, 3.63) is 36.4 Å². The van der Waals surface area contributed by atoms with Crippen LogP contribution in [0.5, 0.6) is 0 Å². The van der Waals surface area contributed by atoms with E-state index in [1.54, 1.807) is 13.0 Å². The minimum Gasteiger partial charge on any atom is -0.431 e. The molecule has 0 spiro atoms. The van der Waals surface area contributed by atoms with Gasteiger partial charge in [0.05, 0.1) is 0 Å². The summed E-state index contributed by atoms with van der Waals surface area (Å²) in [6.07, 6.45) is 3.18. The molecule has 0 amide bonds. The highest BCUT2D eigenvalue weighted by Crippen LogP contribution is 2.23. The molecule has 0 saturated carbocycles. The second-order valence-corrected chi connectivity index (χ2v) is 3.82. The molecule has 0 saturated heterocycles. The summed E-state index contributed by atoms with van der Waals surface area (Å²) in [5, 5.41) is 0.309. The number of oxazole rings is 1. The number of nitrogens with zero attached hydrogens (tertiary/aromatic N) is 1. The number of hydrogen-bond donors (Lipinski definition) is 0. The Balaban J connectivity index is 2.26. The van der Waals surface area contributed by atoms with Crippen LogP contribution < -0.4 is 0 Å². The van der Waals surface area contributed by atoms with Crippen LogP contribution in [-0.4, -0.2) is 10.1 Å². The number of allylic oxidation sites excluding steroid dienone is 1. The van der Waals surface area contributed by atoms with Crippen LogP contribution in [-0.2, 0) is 4.79 Å². The van der Waals surface area contributed by atoms with Crippen LogP contribution in [0, 0.1) is 0 Å². The van der Waals surface area contributed by atoms with Crippen LogP contribution in [0.1, 0.15) is 6.92 Å². The Hall–Kier alpha value is -1.55. The molecule has 0 N–H and O–H groups in total. The third kappa shape index (κ3) is 2.27. The minimum atomic E-state index is -0.0796. The Labute approximate surface area is 91.2 Å². The van der Waals surface area contributed by atoms with Gasteiger partial charge in [-0.3, -0.25) is 4.79 Å². The van der Waals surface area contributed by atoms with E-state index >= 15 is 0 Å². The van der Waals surface area contributed by atoms with E-state index in [1.165, 1.54) is 6.08 Å². The molecule has 1 aromatic heterocycles. The molecule has 0 atom stereocenters. The predicted molar refractivity (Wildman–Crippen MR) is 59.7 cm³/mol. The molecule has 0 aliphatic rings. The highest BCUT2D eigenvalue weighted by Gasteiger charge is 2.08. The molecular formula is C11H9NO2S. The van der Waals surface area contributed by atoms with E-state index in [-0.39, 0.29) is 5.12 Å². The average molecular weight is 219 g/mol. The SMILES string of the molecule is C/C=C/C(=O)Sc1nc2ccccc2o1. The molecule has 0 bridgehead atoms. The zero-order valence-corrected chi connectivity index (χ0v) is 8.95. The Morgan fingerprint density at radius 2 is 2.27 bits per heavy atom. The van der Waals surface area contributed by atoms with Crippen molar-refractivity contribution in [2.45, 2.75) is 12.1 Å². The summed E-state index contributed by atoms with van der Waals surface area (Å²) in [6.45, 7) is 1.80. The van der Waals surface area contributed by atoms with Crippen molar-refractivity contribution in [3.63, 3.8) is 0 Å². The van der Waals surface area contributed by atoms with Crippen molar-refractivity contribution >= 4 is 28.0 Å². The number of carbonyl (C=O) groups is 1. The molecule has 15 heavy (non-hydrogen) atoms. The fourth-order valence-electron chi connectivity index (χ4n) is 1.15. The first-order valence-corrected chi connectivity index (χ1v) is 5.31. The van der Waals surface area contributed by atoms with Gasteiger partial charge in [-0.2, -0.15) is 0 Å². The highest BCUT2D eigenvalue weighted by atomic mass is 32.2. The summed E-state index contributed by atoms with van der Waals surface area (Å²) < 4.78 is 5.38. The molecule has 1 aromatic carbocycles. The molecule has 0 aliphatic carbocycles. The van der Waals surface area contributed by atoms with Crippen LogP contribution in [0.4, 0.5) is 0 Å². The van der Waals surface area contributed by atoms with Crippen molar-refractivity contribution < 1.29 is 9.21 Å². The topological polar surface area (TPSA) is 43.1 Å². The Morgan fingerprint density at radius 1 is 1.47 bits per heavy atom. The largest absolute Gasteiger partial charge is 0.431 e. The van der Waals surface area contributed by atoms with Gasteiger partial charge in [0, 0.05) is 11.8 Å². The average Bonchev–Trinajstić information content (AvgIpc) is 2.59. The lowest BCUT2D eigenvalue weighted by molar-refractivity contribution is -0.107. The third-order valence-corrected chi connectivity index (χ3v) is 2.45. The Bertz CT molecular complexity index is 483. The summed E-state index contributed by atoms with van der Waals surface area (Å²) >= 11 is 0.990. The van der Waals surface area contributed by atoms with E-state index in [2.05, 4.69) is 4.98 Å². The molecule has 0 radical (unpaired) electrons. The van der Waals surface area contributed by atoms with Crippen molar-refractivity contribution in [2.24, 2.45) is 0 Å². The fraction of sp³-hybridized carbons (Fsp3) is 0.0909. The summed E-state index contributed by atoms with van der Waals surface area (Å²) in [5.41, 5.74) is 1.47. The van der Waals surface area contributed by atoms with Gasteiger partial charge in [0.15, 0.2) is 5.58 Å². The second-order valence-electron chi connectivity index (χ2n) is 2.87. The molecular weight excluding hydrogens is 210 g/mol. The van der Waals surface area contributed by atoms with E-state index in [9.17, 15) is 4.79 Å². The maximum absolute atomic E-state index is 11.3. The van der Waals surface area contributed by atoms with E-state index < -0.39 is 0 Å². The zero-order chi connectivity index (χ0) is 10.7. The number of hydrogen-bond acceptors (Lipinski definition) is 4. The van der Waals surface area contributed by atoms with Gasteiger partial charge < -0.3 is 4.42 Å². The first-order valence-electron chi connectivity index (χ1n) is 4.49. The number of para-hydroxylation sites is 2. The quantitative estimate of drug-likeness (QED) is 0.575. The standard InChI is InChI=1S/C11H9NO2S/c1-2-5-10(13)15-11-12-8-6-3-4-7-9(8)14-11/h2-7H,1H3/b5-2+. The monoisotopic (exact) mass is 219 g/mol. The van der Waals surface area contributed by atoms with Gasteiger partial charge >= 0.3 is 0 Å². The van der Waals surface area contributed by atoms with E-state index in [0.29, 0.717) is 10.8 Å². The van der Waals surface area contributed by atoms with Gasteiger partial charge in [-0.15, -0.1) is 0 Å². The van der Waals surface area contributed by atoms with Crippen LogP contribution in [0.15, 0.2) is 46.1 Å². The normalized spacial score (nSPS) is 11.3. The number of aromatic nitrogens is 1. The summed E-state index contributed by atoms with van der Waals surface area (Å²) in [7, 11) is 0. The predicted octanol–water partition coefficient (Wildman–Crippen LogP) is 3.02. The maximum atomic E-state index is 11.3. The van der Waals surface area contributed by atoms with Gasteiger partial charge in [0.25, 0.3) is 5.22 Å². The van der Waals surface area contributed by atoms with Crippen LogP contribution in [0.3, 0.4) is 0 Å². The minimum absolute atomic E-state index is 0.0796. The first kappa shape index (κ1) is 9.98. The lowest BCUT2D eigenvalue weighted by Gasteiger charge is -1.86. The molecule has 2 aromatic rings. The van der Waals surface area contributed by atoms with Crippen molar-refractivity contribution in [1.82, 2.24) is 4.98 Å². The highest BCUT2D eigenvalue weighted by molar-refractivity contribution is 8.13. The smallest absolute Gasteiger partial charge is 0.264 e. The lowest BCUT2D eigenvalue weighted by atomic mass is 10.3. The summed E-state index contributed by atoms with van der Waals surface area (Å²) in [4.78, 5) is 15.4. The van der Waals surface area contributed by atoms with Crippen LogP contribution >= 0.6 is 11.8 Å². The number of carbonyl (C=O) groups excluding carboxylic acids is 1. The lowest BCUT2D eigenvalue weighted by Crippen LogP contribution is -1.83. The molecule has 4 heteroatoms. The van der Waals surface area contributed by atoms with Gasteiger partial charge in [-0.1, -0.05) is 18.2 Å². The third-order valence-electron chi connectivity index (χ3n) is 1.76. The van der Waals surface area contributed by atoms with Crippen LogP contribution in [0.25, 0.3) is 11.1 Å². The van der Waals surface area contributed by atoms with Crippen molar-refractivity contribution in [2.75, 3.05) is 0 Å². The number of rotatable bonds is 2. The first-order chi connectivity index (χ1) is 7.29. The van der Waals surface area contributed by atoms with Gasteiger partial charge in [0.1, 0.15) is 5.52 Å². The van der Waals surface area contributed by atoms with Gasteiger partial charge in [-0.05, 0) is 25.1 Å². The molecule has 76 valence electrons. The number of thioether (sulfide) groups is 1. The van der Waals surface area contributed by atoms with E-state index in [4.69, 9.17) is 4.42 Å². The fourth-order valence-corrected chi connectivity index (χ4v) is 1.80. The zero-order valence-electron chi connectivity index (χ0n) is 8.14. The maximum Gasteiger partial charge on any atom is 0.264 e. The van der Waals surface area contributed by atoms with E-state index in [0.717, 1.165) is 17.3 Å². The molecule has 0 unspecified atom stereocenters. The van der Waals surface area contributed by atoms with Gasteiger partial charge in [-0.25, -0.2) is 4.98 Å². The Kier molecular flexibility index (Phi) is 2.87. The van der Waals surface area contributed by atoms with Gasteiger partial charge in [0.2, 0.25) is 5.12 Å². The molecule has 0 aliphatic heterocycles. The van der Waals surface area contributed by atoms with Crippen LogP contribution in [0.2, 0.25) is 0 Å². The summed E-state index contributed by atoms with van der Waals surface area (Å²) in [5.74, 6) is 0. The number of fused-ring (bicyclic) bond motifs is 1. The molecule has 1 heterocycles. The second kappa shape index (κ2) is 4.31. The van der Waals surface area contributed by atoms with Crippen molar-refractivity contribution in [1.29, 1.82) is 0 Å². The number of benzene rings is 1. The molecule has 2 rings (SSSR count). The van der Waals surface area contributed by atoms with Crippen molar-refractivity contribution in [3.8, 4) is 0 Å². The molecule has 0 fully saturated rings.